The number of carboxylic acid groups (broad SMARTS) is 1. The molecule has 2 rings (SSSR count). The van der Waals surface area contributed by atoms with Crippen LogP contribution in [0, 0.1) is 11.3 Å². The lowest BCUT2D eigenvalue weighted by Gasteiger charge is -2.12. The van der Waals surface area contributed by atoms with E-state index in [9.17, 15) is 14.9 Å². The normalized spacial score (nSPS) is 10.7. The van der Waals surface area contributed by atoms with E-state index in [0.717, 1.165) is 0 Å². The van der Waals surface area contributed by atoms with E-state index in [4.69, 9.17) is 14.6 Å². The maximum atomic E-state index is 12.5. The standard InChI is InChI=1S/C20H17BrN2O5/c1-3-28-18-9-13(16(21)10-17(18)27-2)7-14(11-22)19(24)23-15-6-4-5-12(8-15)20(25)26/h4-10H,3H2,1-2H3,(H,23,24)(H,25,26)/b14-7-. The molecule has 0 radical (unpaired) electrons. The molecule has 2 aromatic rings. The van der Waals surface area contributed by atoms with Crippen molar-refractivity contribution in [2.24, 2.45) is 0 Å². The van der Waals surface area contributed by atoms with Crippen molar-refractivity contribution in [1.82, 2.24) is 0 Å². The molecular weight excluding hydrogens is 428 g/mol. The third kappa shape index (κ3) is 5.11. The van der Waals surface area contributed by atoms with Crippen LogP contribution in [0.2, 0.25) is 0 Å². The quantitative estimate of drug-likeness (QED) is 0.491. The number of benzene rings is 2. The molecular formula is C20H17BrN2O5. The summed E-state index contributed by atoms with van der Waals surface area (Å²) in [5.74, 6) is -0.783. The summed E-state index contributed by atoms with van der Waals surface area (Å²) in [7, 11) is 1.51. The van der Waals surface area contributed by atoms with E-state index in [2.05, 4.69) is 21.2 Å². The van der Waals surface area contributed by atoms with E-state index >= 15 is 0 Å². The fourth-order valence-electron chi connectivity index (χ4n) is 2.32. The van der Waals surface area contributed by atoms with Crippen LogP contribution >= 0.6 is 15.9 Å². The molecule has 7 nitrogen and oxygen atoms in total. The lowest BCUT2D eigenvalue weighted by Crippen LogP contribution is -2.14. The van der Waals surface area contributed by atoms with Gasteiger partial charge in [0.2, 0.25) is 0 Å². The smallest absolute Gasteiger partial charge is 0.335 e. The number of nitriles is 1. The number of halogens is 1. The fourth-order valence-corrected chi connectivity index (χ4v) is 2.76. The Hall–Kier alpha value is -3.31. The third-order valence-corrected chi connectivity index (χ3v) is 4.30. The van der Waals surface area contributed by atoms with E-state index in [1.807, 2.05) is 13.0 Å². The summed E-state index contributed by atoms with van der Waals surface area (Å²) in [6, 6.07) is 10.9. The molecule has 0 aliphatic rings. The van der Waals surface area contributed by atoms with Gasteiger partial charge in [-0.05, 0) is 48.9 Å². The minimum atomic E-state index is -1.11. The monoisotopic (exact) mass is 444 g/mol. The Labute approximate surface area is 170 Å². The second-order valence-corrected chi connectivity index (χ2v) is 6.32. The Balaban J connectivity index is 2.34. The van der Waals surface area contributed by atoms with E-state index in [-0.39, 0.29) is 16.8 Å². The summed E-state index contributed by atoms with van der Waals surface area (Å²) in [4.78, 5) is 23.5. The Morgan fingerprint density at radius 1 is 1.29 bits per heavy atom. The molecule has 0 saturated heterocycles. The van der Waals surface area contributed by atoms with Crippen LogP contribution in [0.15, 0.2) is 46.4 Å². The van der Waals surface area contributed by atoms with Crippen molar-refractivity contribution in [3.8, 4) is 17.6 Å². The van der Waals surface area contributed by atoms with Gasteiger partial charge in [-0.3, -0.25) is 4.79 Å². The number of ether oxygens (including phenoxy) is 2. The minimum absolute atomic E-state index is 0.0274. The number of carbonyl (C=O) groups is 2. The summed E-state index contributed by atoms with van der Waals surface area (Å²) >= 11 is 3.39. The van der Waals surface area contributed by atoms with E-state index in [1.165, 1.54) is 37.5 Å². The molecule has 0 aliphatic heterocycles. The molecule has 28 heavy (non-hydrogen) atoms. The molecule has 0 atom stereocenters. The van der Waals surface area contributed by atoms with Gasteiger partial charge in [0, 0.05) is 10.2 Å². The maximum absolute atomic E-state index is 12.5. The predicted molar refractivity (Wildman–Crippen MR) is 107 cm³/mol. The van der Waals surface area contributed by atoms with Crippen molar-refractivity contribution in [2.45, 2.75) is 6.92 Å². The first-order chi connectivity index (χ1) is 13.4. The number of carbonyl (C=O) groups excluding carboxylic acids is 1. The lowest BCUT2D eigenvalue weighted by atomic mass is 10.1. The van der Waals surface area contributed by atoms with Crippen LogP contribution in [0.25, 0.3) is 6.08 Å². The second kappa shape index (κ2) is 9.58. The fraction of sp³-hybridized carbons (Fsp3) is 0.150. The summed E-state index contributed by atoms with van der Waals surface area (Å²) in [5, 5.41) is 21.0. The van der Waals surface area contributed by atoms with E-state index in [1.54, 1.807) is 12.1 Å². The van der Waals surface area contributed by atoms with Crippen LogP contribution in [0.3, 0.4) is 0 Å². The average Bonchev–Trinajstić information content (AvgIpc) is 2.68. The molecule has 0 heterocycles. The van der Waals surface area contributed by atoms with Gasteiger partial charge in [0.15, 0.2) is 11.5 Å². The molecule has 1 amide bonds. The zero-order valence-electron chi connectivity index (χ0n) is 15.2. The number of nitrogens with one attached hydrogen (secondary N) is 1. The van der Waals surface area contributed by atoms with Crippen molar-refractivity contribution >= 4 is 39.6 Å². The molecule has 0 spiro atoms. The van der Waals surface area contributed by atoms with Crippen LogP contribution in [0.5, 0.6) is 11.5 Å². The number of aromatic carboxylic acids is 1. The van der Waals surface area contributed by atoms with Crippen LogP contribution in [0.1, 0.15) is 22.8 Å². The van der Waals surface area contributed by atoms with Gasteiger partial charge in [-0.2, -0.15) is 5.26 Å². The van der Waals surface area contributed by atoms with Crippen molar-refractivity contribution in [3.63, 3.8) is 0 Å². The zero-order valence-corrected chi connectivity index (χ0v) is 16.7. The van der Waals surface area contributed by atoms with Crippen molar-refractivity contribution in [3.05, 3.63) is 57.6 Å². The van der Waals surface area contributed by atoms with Crippen LogP contribution in [0.4, 0.5) is 5.69 Å². The lowest BCUT2D eigenvalue weighted by molar-refractivity contribution is -0.112. The minimum Gasteiger partial charge on any atom is -0.493 e. The second-order valence-electron chi connectivity index (χ2n) is 5.47. The summed E-state index contributed by atoms with van der Waals surface area (Å²) in [6.45, 7) is 2.25. The molecule has 0 fully saturated rings. The topological polar surface area (TPSA) is 109 Å². The molecule has 0 aliphatic carbocycles. The highest BCUT2D eigenvalue weighted by Gasteiger charge is 2.14. The number of nitrogens with zero attached hydrogens (tertiary/aromatic N) is 1. The van der Waals surface area contributed by atoms with Crippen LogP contribution < -0.4 is 14.8 Å². The van der Waals surface area contributed by atoms with Crippen molar-refractivity contribution < 1.29 is 24.2 Å². The highest BCUT2D eigenvalue weighted by molar-refractivity contribution is 9.10. The Morgan fingerprint density at radius 2 is 2.04 bits per heavy atom. The summed E-state index contributed by atoms with van der Waals surface area (Å²) in [5.41, 5.74) is 0.693. The van der Waals surface area contributed by atoms with Gasteiger partial charge in [0.05, 0.1) is 19.3 Å². The molecule has 2 aromatic carbocycles. The first-order valence-electron chi connectivity index (χ1n) is 8.16. The van der Waals surface area contributed by atoms with E-state index in [0.29, 0.717) is 28.1 Å². The number of methoxy groups -OCH3 is 1. The van der Waals surface area contributed by atoms with Gasteiger partial charge in [-0.15, -0.1) is 0 Å². The molecule has 0 aromatic heterocycles. The molecule has 0 unspecified atom stereocenters. The van der Waals surface area contributed by atoms with Gasteiger partial charge < -0.3 is 19.9 Å². The van der Waals surface area contributed by atoms with Crippen LogP contribution in [-0.2, 0) is 4.79 Å². The largest absolute Gasteiger partial charge is 0.493 e. The SMILES string of the molecule is CCOc1cc(/C=C(/C#N)C(=O)Nc2cccc(C(=O)O)c2)c(Br)cc1OC. The maximum Gasteiger partial charge on any atom is 0.335 e. The highest BCUT2D eigenvalue weighted by Crippen LogP contribution is 2.34. The molecule has 2 N–H and O–H groups in total. The predicted octanol–water partition coefficient (Wildman–Crippen LogP) is 4.10. The van der Waals surface area contributed by atoms with Crippen molar-refractivity contribution in [1.29, 1.82) is 5.26 Å². The number of anilines is 1. The van der Waals surface area contributed by atoms with Crippen molar-refractivity contribution in [2.75, 3.05) is 19.0 Å². The number of hydrogen-bond acceptors (Lipinski definition) is 5. The summed E-state index contributed by atoms with van der Waals surface area (Å²) < 4.78 is 11.4. The average molecular weight is 445 g/mol. The van der Waals surface area contributed by atoms with Gasteiger partial charge in [0.25, 0.3) is 5.91 Å². The highest BCUT2D eigenvalue weighted by atomic mass is 79.9. The van der Waals surface area contributed by atoms with E-state index < -0.39 is 11.9 Å². The van der Waals surface area contributed by atoms with Gasteiger partial charge >= 0.3 is 5.97 Å². The number of hydrogen-bond donors (Lipinski definition) is 2. The Morgan fingerprint density at radius 3 is 2.64 bits per heavy atom. The summed E-state index contributed by atoms with van der Waals surface area (Å²) in [6.07, 6.45) is 1.41. The molecule has 144 valence electrons. The third-order valence-electron chi connectivity index (χ3n) is 3.62. The van der Waals surface area contributed by atoms with Gasteiger partial charge in [0.1, 0.15) is 11.6 Å². The zero-order chi connectivity index (χ0) is 20.7. The number of amides is 1. The first kappa shape index (κ1) is 21.0. The van der Waals surface area contributed by atoms with Crippen LogP contribution in [-0.4, -0.2) is 30.7 Å². The Bertz CT molecular complexity index is 979. The molecule has 0 saturated carbocycles. The molecule has 8 heteroatoms. The first-order valence-corrected chi connectivity index (χ1v) is 8.95. The molecule has 0 bridgehead atoms. The Kier molecular flexibility index (Phi) is 7.18. The van der Waals surface area contributed by atoms with Gasteiger partial charge in [-0.25, -0.2) is 4.79 Å². The number of carboxylic acids is 1. The number of rotatable bonds is 7. The van der Waals surface area contributed by atoms with Gasteiger partial charge in [-0.1, -0.05) is 22.0 Å².